The second kappa shape index (κ2) is 8.15. The van der Waals surface area contributed by atoms with E-state index < -0.39 is 0 Å². The van der Waals surface area contributed by atoms with Gasteiger partial charge in [0.2, 0.25) is 5.88 Å². The van der Waals surface area contributed by atoms with Gasteiger partial charge in [0.25, 0.3) is 5.91 Å². The molecule has 134 valence electrons. The van der Waals surface area contributed by atoms with E-state index in [4.69, 9.17) is 4.74 Å². The molecule has 0 aliphatic heterocycles. The van der Waals surface area contributed by atoms with E-state index in [-0.39, 0.29) is 5.91 Å². The molecule has 3 rings (SSSR count). The van der Waals surface area contributed by atoms with Crippen molar-refractivity contribution in [1.82, 2.24) is 10.3 Å². The second-order valence-electron chi connectivity index (χ2n) is 6.19. The molecule has 5 heteroatoms. The van der Waals surface area contributed by atoms with Crippen LogP contribution < -0.4 is 10.1 Å². The summed E-state index contributed by atoms with van der Waals surface area (Å²) in [5.74, 6) is 1.32. The van der Waals surface area contributed by atoms with Crippen LogP contribution in [0.15, 0.2) is 48.0 Å². The molecular formula is C21H22N2O2S. The highest BCUT2D eigenvalue weighted by molar-refractivity contribution is 7.12. The van der Waals surface area contributed by atoms with Crippen molar-refractivity contribution in [2.45, 2.75) is 33.7 Å². The lowest BCUT2D eigenvalue weighted by Gasteiger charge is -2.10. The molecule has 1 amide bonds. The number of nitrogens with zero attached hydrogens (tertiary/aromatic N) is 1. The molecule has 0 fully saturated rings. The molecular weight excluding hydrogens is 344 g/mol. The highest BCUT2D eigenvalue weighted by atomic mass is 32.1. The predicted octanol–water partition coefficient (Wildman–Crippen LogP) is 5.04. The van der Waals surface area contributed by atoms with E-state index in [9.17, 15) is 4.79 Å². The quantitative estimate of drug-likeness (QED) is 0.664. The molecule has 0 radical (unpaired) electrons. The van der Waals surface area contributed by atoms with Crippen molar-refractivity contribution in [3.05, 3.63) is 75.1 Å². The number of benzene rings is 1. The number of thiophene rings is 1. The average molecular weight is 366 g/mol. The van der Waals surface area contributed by atoms with Crippen LogP contribution >= 0.6 is 11.3 Å². The molecule has 0 bridgehead atoms. The predicted molar refractivity (Wildman–Crippen MR) is 105 cm³/mol. The number of rotatable bonds is 6. The molecule has 2 heterocycles. The van der Waals surface area contributed by atoms with Crippen LogP contribution in [0.1, 0.15) is 38.8 Å². The minimum absolute atomic E-state index is 0.0347. The van der Waals surface area contributed by atoms with Gasteiger partial charge in [0.05, 0.1) is 4.88 Å². The van der Waals surface area contributed by atoms with E-state index in [2.05, 4.69) is 23.3 Å². The van der Waals surface area contributed by atoms with E-state index in [1.54, 1.807) is 6.20 Å². The first-order chi connectivity index (χ1) is 12.6. The van der Waals surface area contributed by atoms with Crippen LogP contribution in [0.2, 0.25) is 0 Å². The van der Waals surface area contributed by atoms with E-state index in [1.807, 2.05) is 49.6 Å². The summed E-state index contributed by atoms with van der Waals surface area (Å²) in [5, 5.41) is 4.91. The average Bonchev–Trinajstić information content (AvgIpc) is 3.13. The Bertz CT molecular complexity index is 901. The first-order valence-electron chi connectivity index (χ1n) is 8.61. The lowest BCUT2D eigenvalue weighted by Crippen LogP contribution is -2.22. The van der Waals surface area contributed by atoms with Crippen LogP contribution in [-0.4, -0.2) is 10.9 Å². The Kier molecular flexibility index (Phi) is 5.68. The summed E-state index contributed by atoms with van der Waals surface area (Å²) in [4.78, 5) is 17.4. The van der Waals surface area contributed by atoms with Crippen molar-refractivity contribution < 1.29 is 9.53 Å². The topological polar surface area (TPSA) is 51.2 Å². The van der Waals surface area contributed by atoms with Gasteiger partial charge in [-0.05, 0) is 60.0 Å². The molecule has 1 aromatic carbocycles. The summed E-state index contributed by atoms with van der Waals surface area (Å²) in [6, 6.07) is 11.8. The number of carbonyl (C=O) groups excluding carboxylic acids is 1. The zero-order chi connectivity index (χ0) is 18.5. The van der Waals surface area contributed by atoms with Crippen LogP contribution in [0.4, 0.5) is 0 Å². The fourth-order valence-corrected chi connectivity index (χ4v) is 3.49. The minimum atomic E-state index is -0.0347. The molecule has 1 N–H and O–H groups in total. The Balaban J connectivity index is 1.61. The Morgan fingerprint density at radius 2 is 2.04 bits per heavy atom. The largest absolute Gasteiger partial charge is 0.439 e. The van der Waals surface area contributed by atoms with Gasteiger partial charge in [-0.25, -0.2) is 4.98 Å². The van der Waals surface area contributed by atoms with Crippen LogP contribution in [0.25, 0.3) is 0 Å². The Labute approximate surface area is 157 Å². The van der Waals surface area contributed by atoms with Gasteiger partial charge in [-0.3, -0.25) is 4.79 Å². The number of hydrogen-bond acceptors (Lipinski definition) is 4. The minimum Gasteiger partial charge on any atom is -0.439 e. The number of pyridine rings is 1. The fraction of sp³-hybridized carbons (Fsp3) is 0.238. The summed E-state index contributed by atoms with van der Waals surface area (Å²) in [7, 11) is 0. The lowest BCUT2D eigenvalue weighted by atomic mass is 10.1. The van der Waals surface area contributed by atoms with E-state index in [0.717, 1.165) is 39.3 Å². The maximum atomic E-state index is 12.3. The maximum Gasteiger partial charge on any atom is 0.261 e. The highest BCUT2D eigenvalue weighted by Crippen LogP contribution is 2.24. The number of carbonyl (C=O) groups is 1. The molecule has 0 unspecified atom stereocenters. The molecule has 0 aliphatic carbocycles. The van der Waals surface area contributed by atoms with E-state index in [1.165, 1.54) is 11.3 Å². The smallest absolute Gasteiger partial charge is 0.261 e. The SMILES string of the molecule is CCc1ccsc1C(=O)NCc1ccc(Oc2cc(C)ccc2C)nc1. The number of amides is 1. The Hall–Kier alpha value is -2.66. The molecule has 0 spiro atoms. The second-order valence-corrected chi connectivity index (χ2v) is 7.10. The van der Waals surface area contributed by atoms with Crippen molar-refractivity contribution >= 4 is 17.2 Å². The number of nitrogens with one attached hydrogen (secondary N) is 1. The third-order valence-corrected chi connectivity index (χ3v) is 5.10. The molecule has 0 aliphatic rings. The van der Waals surface area contributed by atoms with Crippen molar-refractivity contribution in [1.29, 1.82) is 0 Å². The molecule has 0 atom stereocenters. The van der Waals surface area contributed by atoms with Gasteiger partial charge in [-0.2, -0.15) is 0 Å². The van der Waals surface area contributed by atoms with Gasteiger partial charge in [0.15, 0.2) is 0 Å². The van der Waals surface area contributed by atoms with Crippen molar-refractivity contribution in [3.63, 3.8) is 0 Å². The van der Waals surface area contributed by atoms with Gasteiger partial charge in [-0.1, -0.05) is 25.1 Å². The Morgan fingerprint density at radius 3 is 2.77 bits per heavy atom. The van der Waals surface area contributed by atoms with Gasteiger partial charge in [-0.15, -0.1) is 11.3 Å². The maximum absolute atomic E-state index is 12.3. The zero-order valence-electron chi connectivity index (χ0n) is 15.2. The Morgan fingerprint density at radius 1 is 1.19 bits per heavy atom. The van der Waals surface area contributed by atoms with Crippen molar-refractivity contribution in [2.24, 2.45) is 0 Å². The molecule has 0 saturated heterocycles. The van der Waals surface area contributed by atoms with Crippen molar-refractivity contribution in [2.75, 3.05) is 0 Å². The monoisotopic (exact) mass is 366 g/mol. The van der Waals surface area contributed by atoms with Gasteiger partial charge in [0.1, 0.15) is 5.75 Å². The number of aryl methyl sites for hydroxylation is 3. The molecule has 0 saturated carbocycles. The number of hydrogen-bond donors (Lipinski definition) is 1. The molecule has 26 heavy (non-hydrogen) atoms. The summed E-state index contributed by atoms with van der Waals surface area (Å²) in [6.07, 6.45) is 2.59. The first kappa shape index (κ1) is 18.1. The van der Waals surface area contributed by atoms with Gasteiger partial charge >= 0.3 is 0 Å². The summed E-state index contributed by atoms with van der Waals surface area (Å²) >= 11 is 1.48. The van der Waals surface area contributed by atoms with Gasteiger partial charge < -0.3 is 10.1 Å². The summed E-state index contributed by atoms with van der Waals surface area (Å²) < 4.78 is 5.86. The third kappa shape index (κ3) is 4.29. The normalized spacial score (nSPS) is 10.6. The van der Waals surface area contributed by atoms with Crippen LogP contribution in [0.3, 0.4) is 0 Å². The number of ether oxygens (including phenoxy) is 1. The lowest BCUT2D eigenvalue weighted by molar-refractivity contribution is 0.0954. The summed E-state index contributed by atoms with van der Waals surface area (Å²) in [6.45, 7) is 6.53. The third-order valence-electron chi connectivity index (χ3n) is 4.14. The van der Waals surface area contributed by atoms with E-state index in [0.29, 0.717) is 12.4 Å². The first-order valence-corrected chi connectivity index (χ1v) is 9.49. The molecule has 2 aromatic heterocycles. The zero-order valence-corrected chi connectivity index (χ0v) is 16.0. The van der Waals surface area contributed by atoms with Crippen LogP contribution in [0, 0.1) is 13.8 Å². The van der Waals surface area contributed by atoms with E-state index >= 15 is 0 Å². The molecule has 3 aromatic rings. The van der Waals surface area contributed by atoms with Crippen LogP contribution in [-0.2, 0) is 13.0 Å². The van der Waals surface area contributed by atoms with Crippen LogP contribution in [0.5, 0.6) is 11.6 Å². The highest BCUT2D eigenvalue weighted by Gasteiger charge is 2.11. The molecule has 4 nitrogen and oxygen atoms in total. The fourth-order valence-electron chi connectivity index (χ4n) is 2.58. The summed E-state index contributed by atoms with van der Waals surface area (Å²) in [5.41, 5.74) is 4.23. The van der Waals surface area contributed by atoms with Crippen molar-refractivity contribution in [3.8, 4) is 11.6 Å². The van der Waals surface area contributed by atoms with Gasteiger partial charge in [0, 0.05) is 18.8 Å². The number of aromatic nitrogens is 1. The standard InChI is InChI=1S/C21H22N2O2S/c1-4-17-9-10-26-20(17)21(24)23-13-16-7-8-19(22-12-16)25-18-11-14(2)5-6-15(18)3/h5-12H,4,13H2,1-3H3,(H,23,24).